The smallest absolute Gasteiger partial charge is 0.124 e. The summed E-state index contributed by atoms with van der Waals surface area (Å²) in [5.74, 6) is 0.935. The second kappa shape index (κ2) is 5.26. The minimum atomic E-state index is 0.446. The molecule has 0 amide bonds. The van der Waals surface area contributed by atoms with Crippen molar-refractivity contribution in [3.05, 3.63) is 28.8 Å². The maximum atomic E-state index is 5.94. The van der Waals surface area contributed by atoms with Crippen LogP contribution in [-0.4, -0.2) is 6.10 Å². The number of ether oxygens (including phenoxy) is 1. The summed E-state index contributed by atoms with van der Waals surface area (Å²) >= 11 is 5.94. The first kappa shape index (κ1) is 11.4. The van der Waals surface area contributed by atoms with Gasteiger partial charge in [0.1, 0.15) is 5.75 Å². The van der Waals surface area contributed by atoms with Gasteiger partial charge in [-0.3, -0.25) is 0 Å². The van der Waals surface area contributed by atoms with E-state index in [1.165, 1.54) is 12.8 Å². The highest BCUT2D eigenvalue weighted by Crippen LogP contribution is 2.31. The predicted octanol–water partition coefficient (Wildman–Crippen LogP) is 4.22. The third-order valence-electron chi connectivity index (χ3n) is 2.04. The number of rotatable bonds is 2. The Kier molecular flexibility index (Phi) is 4.27. The van der Waals surface area contributed by atoms with E-state index in [9.17, 15) is 0 Å². The molecular weight excluding hydrogens is 196 g/mol. The summed E-state index contributed by atoms with van der Waals surface area (Å²) in [6.45, 7) is 5.99. The van der Waals surface area contributed by atoms with Gasteiger partial charge >= 0.3 is 0 Å². The van der Waals surface area contributed by atoms with E-state index < -0.39 is 0 Å². The van der Waals surface area contributed by atoms with E-state index in [4.69, 9.17) is 16.3 Å². The van der Waals surface area contributed by atoms with Gasteiger partial charge < -0.3 is 4.74 Å². The summed E-state index contributed by atoms with van der Waals surface area (Å²) < 4.78 is 5.65. The van der Waals surface area contributed by atoms with Gasteiger partial charge in [0.2, 0.25) is 0 Å². The molecule has 0 atom stereocenters. The molecule has 0 unspecified atom stereocenters. The Bertz CT molecular complexity index is 292. The molecule has 0 N–H and O–H groups in total. The maximum absolute atomic E-state index is 5.94. The Balaban J connectivity index is 0.000000461. The fourth-order valence-corrected chi connectivity index (χ4v) is 1.25. The molecule has 2 rings (SSSR count). The van der Waals surface area contributed by atoms with Gasteiger partial charge in [-0.1, -0.05) is 31.5 Å². The molecule has 1 nitrogen and oxygen atoms in total. The van der Waals surface area contributed by atoms with Gasteiger partial charge in [-0.05, 0) is 31.9 Å². The van der Waals surface area contributed by atoms with Crippen molar-refractivity contribution in [2.75, 3.05) is 0 Å². The van der Waals surface area contributed by atoms with Gasteiger partial charge in [-0.2, -0.15) is 0 Å². The maximum Gasteiger partial charge on any atom is 0.124 e. The molecule has 1 aliphatic carbocycles. The van der Waals surface area contributed by atoms with Crippen molar-refractivity contribution in [1.29, 1.82) is 0 Å². The zero-order valence-electron chi connectivity index (χ0n) is 9.01. The summed E-state index contributed by atoms with van der Waals surface area (Å²) in [4.78, 5) is 0. The summed E-state index contributed by atoms with van der Waals surface area (Å²) in [7, 11) is 0. The predicted molar refractivity (Wildman–Crippen MR) is 61.2 cm³/mol. The lowest BCUT2D eigenvalue weighted by molar-refractivity contribution is 0.301. The van der Waals surface area contributed by atoms with Crippen LogP contribution >= 0.6 is 11.6 Å². The SMILES string of the molecule is CC.Cc1c(Cl)cccc1OC1CC1. The Hall–Kier alpha value is -0.690. The van der Waals surface area contributed by atoms with Crippen LogP contribution in [0.3, 0.4) is 0 Å². The third-order valence-corrected chi connectivity index (χ3v) is 2.45. The molecule has 1 aromatic carbocycles. The fraction of sp³-hybridized carbons (Fsp3) is 0.500. The Morgan fingerprint density at radius 3 is 2.50 bits per heavy atom. The monoisotopic (exact) mass is 212 g/mol. The van der Waals surface area contributed by atoms with Gasteiger partial charge in [0.25, 0.3) is 0 Å². The van der Waals surface area contributed by atoms with Gasteiger partial charge in [0.05, 0.1) is 6.10 Å². The molecular formula is C12H17ClO. The molecule has 1 saturated carbocycles. The summed E-state index contributed by atoms with van der Waals surface area (Å²) in [5.41, 5.74) is 1.05. The minimum Gasteiger partial charge on any atom is -0.490 e. The number of hydrogen-bond donors (Lipinski definition) is 0. The molecule has 78 valence electrons. The zero-order chi connectivity index (χ0) is 10.6. The van der Waals surface area contributed by atoms with Crippen LogP contribution in [0.1, 0.15) is 32.3 Å². The average Bonchev–Trinajstić information content (AvgIpc) is 3.00. The second-order valence-corrected chi connectivity index (χ2v) is 3.59. The molecule has 0 heterocycles. The highest BCUT2D eigenvalue weighted by atomic mass is 35.5. The molecule has 1 aromatic rings. The van der Waals surface area contributed by atoms with E-state index in [1.807, 2.05) is 39.0 Å². The third kappa shape index (κ3) is 2.91. The number of halogens is 1. The fourth-order valence-electron chi connectivity index (χ4n) is 1.08. The van der Waals surface area contributed by atoms with Crippen molar-refractivity contribution in [3.8, 4) is 5.75 Å². The lowest BCUT2D eigenvalue weighted by atomic mass is 10.2. The summed E-state index contributed by atoms with van der Waals surface area (Å²) in [5, 5.41) is 0.785. The van der Waals surface area contributed by atoms with Gasteiger partial charge in [0, 0.05) is 10.6 Å². The van der Waals surface area contributed by atoms with Crippen LogP contribution in [0.2, 0.25) is 5.02 Å². The average molecular weight is 213 g/mol. The van der Waals surface area contributed by atoms with Crippen molar-refractivity contribution in [1.82, 2.24) is 0 Å². The van der Waals surface area contributed by atoms with E-state index in [0.29, 0.717) is 6.10 Å². The van der Waals surface area contributed by atoms with Crippen molar-refractivity contribution in [2.24, 2.45) is 0 Å². The van der Waals surface area contributed by atoms with Crippen molar-refractivity contribution in [3.63, 3.8) is 0 Å². The van der Waals surface area contributed by atoms with Gasteiger partial charge in [0.15, 0.2) is 0 Å². The van der Waals surface area contributed by atoms with E-state index >= 15 is 0 Å². The molecule has 2 heteroatoms. The van der Waals surface area contributed by atoms with Crippen LogP contribution in [0, 0.1) is 6.92 Å². The lowest BCUT2D eigenvalue weighted by Gasteiger charge is -2.08. The van der Waals surface area contributed by atoms with Crippen LogP contribution in [0.15, 0.2) is 18.2 Å². The molecule has 14 heavy (non-hydrogen) atoms. The standard InChI is InChI=1S/C10H11ClO.C2H6/c1-7-9(11)3-2-4-10(7)12-8-5-6-8;1-2/h2-4,8H,5-6H2,1H3;1-2H3. The molecule has 1 aliphatic rings. The summed E-state index contributed by atoms with van der Waals surface area (Å²) in [6, 6.07) is 5.78. The van der Waals surface area contributed by atoms with Crippen molar-refractivity contribution in [2.45, 2.75) is 39.7 Å². The topological polar surface area (TPSA) is 9.23 Å². The first-order valence-electron chi connectivity index (χ1n) is 5.19. The van der Waals surface area contributed by atoms with E-state index in [2.05, 4.69) is 0 Å². The van der Waals surface area contributed by atoms with Crippen LogP contribution in [0.25, 0.3) is 0 Å². The molecule has 0 aliphatic heterocycles. The van der Waals surface area contributed by atoms with Crippen molar-refractivity contribution < 1.29 is 4.74 Å². The molecule has 1 fully saturated rings. The van der Waals surface area contributed by atoms with Crippen molar-refractivity contribution >= 4 is 11.6 Å². The van der Waals surface area contributed by atoms with Gasteiger partial charge in [-0.25, -0.2) is 0 Å². The van der Waals surface area contributed by atoms with Crippen LogP contribution < -0.4 is 4.74 Å². The lowest BCUT2D eigenvalue weighted by Crippen LogP contribution is -1.97. The van der Waals surface area contributed by atoms with Crippen LogP contribution in [-0.2, 0) is 0 Å². The normalized spacial score (nSPS) is 14.3. The molecule has 0 saturated heterocycles. The largest absolute Gasteiger partial charge is 0.490 e. The quantitative estimate of drug-likeness (QED) is 0.714. The number of hydrogen-bond acceptors (Lipinski definition) is 1. The van der Waals surface area contributed by atoms with Crippen LogP contribution in [0.5, 0.6) is 5.75 Å². The van der Waals surface area contributed by atoms with Crippen LogP contribution in [0.4, 0.5) is 0 Å². The molecule has 0 radical (unpaired) electrons. The Morgan fingerprint density at radius 2 is 1.93 bits per heavy atom. The Labute approximate surface area is 91.0 Å². The first-order valence-corrected chi connectivity index (χ1v) is 5.57. The molecule has 0 aromatic heterocycles. The van der Waals surface area contributed by atoms with E-state index in [0.717, 1.165) is 16.3 Å². The molecule has 0 bridgehead atoms. The van der Waals surface area contributed by atoms with Gasteiger partial charge in [-0.15, -0.1) is 0 Å². The number of benzene rings is 1. The second-order valence-electron chi connectivity index (χ2n) is 3.18. The zero-order valence-corrected chi connectivity index (χ0v) is 9.77. The first-order chi connectivity index (χ1) is 6.77. The highest BCUT2D eigenvalue weighted by Gasteiger charge is 2.24. The Morgan fingerprint density at radius 1 is 1.29 bits per heavy atom. The van der Waals surface area contributed by atoms with E-state index in [-0.39, 0.29) is 0 Å². The molecule has 0 spiro atoms. The minimum absolute atomic E-state index is 0.446. The summed E-state index contributed by atoms with van der Waals surface area (Å²) in [6.07, 6.45) is 2.82. The highest BCUT2D eigenvalue weighted by molar-refractivity contribution is 6.31. The van der Waals surface area contributed by atoms with E-state index in [1.54, 1.807) is 0 Å².